The average molecular weight is 362 g/mol. The number of hydrogen-bond donors (Lipinski definition) is 3. The lowest BCUT2D eigenvalue weighted by Crippen LogP contribution is -2.33. The number of phenols is 1. The van der Waals surface area contributed by atoms with Gasteiger partial charge in [-0.05, 0) is 31.0 Å². The van der Waals surface area contributed by atoms with Crippen LogP contribution in [-0.4, -0.2) is 41.9 Å². The molecule has 3 aromatic rings. The van der Waals surface area contributed by atoms with Crippen molar-refractivity contribution < 1.29 is 10.2 Å². The molecule has 3 rings (SSSR count). The lowest BCUT2D eigenvalue weighted by molar-refractivity contribution is 0.146. The lowest BCUT2D eigenvalue weighted by Gasteiger charge is -2.22. The monoisotopic (exact) mass is 361 g/mol. The highest BCUT2D eigenvalue weighted by atomic mass is 35.5. The first-order valence-corrected chi connectivity index (χ1v) is 8.56. The molecular formula is C17H20ClN5O2. The number of aliphatic hydroxyl groups excluding tert-OH is 1. The van der Waals surface area contributed by atoms with E-state index in [1.807, 2.05) is 13.8 Å². The van der Waals surface area contributed by atoms with Gasteiger partial charge in [-0.2, -0.15) is 0 Å². The van der Waals surface area contributed by atoms with E-state index >= 15 is 0 Å². The number of nitrogens with zero attached hydrogens (tertiary/aromatic N) is 4. The molecule has 0 saturated carbocycles. The van der Waals surface area contributed by atoms with E-state index in [9.17, 15) is 10.2 Å². The van der Waals surface area contributed by atoms with Gasteiger partial charge in [-0.15, -0.1) is 10.2 Å². The Balaban J connectivity index is 2.04. The molecule has 132 valence electrons. The number of rotatable bonds is 6. The Morgan fingerprint density at radius 1 is 1.24 bits per heavy atom. The fraction of sp³-hybridized carbons (Fsp3) is 0.353. The van der Waals surface area contributed by atoms with Gasteiger partial charge in [-0.1, -0.05) is 25.4 Å². The van der Waals surface area contributed by atoms with E-state index in [1.165, 1.54) is 6.07 Å². The second-order valence-corrected chi connectivity index (χ2v) is 6.23. The van der Waals surface area contributed by atoms with E-state index < -0.39 is 6.10 Å². The molecule has 25 heavy (non-hydrogen) atoms. The molecule has 0 aliphatic heterocycles. The Kier molecular flexibility index (Phi) is 5.06. The van der Waals surface area contributed by atoms with E-state index in [0.717, 1.165) is 6.42 Å². The summed E-state index contributed by atoms with van der Waals surface area (Å²) in [6.07, 6.45) is 4.28. The van der Waals surface area contributed by atoms with Crippen LogP contribution < -0.4 is 5.32 Å². The molecule has 0 fully saturated rings. The standard InChI is InChI=1S/C17H20ClN5O2/c1-3-12(13(24)4-2)20-15-17-19-7-8-23(17)16(22-21-15)11-6-5-10(18)9-14(11)25/h5-9,12-13,24-25H,3-4H2,1-2H3,(H,20,21). The van der Waals surface area contributed by atoms with Crippen molar-refractivity contribution >= 4 is 23.1 Å². The molecular weight excluding hydrogens is 342 g/mol. The van der Waals surface area contributed by atoms with E-state index in [-0.39, 0.29) is 11.8 Å². The molecule has 2 aromatic heterocycles. The second kappa shape index (κ2) is 7.25. The summed E-state index contributed by atoms with van der Waals surface area (Å²) < 4.78 is 1.74. The highest BCUT2D eigenvalue weighted by Gasteiger charge is 2.20. The maximum Gasteiger partial charge on any atom is 0.192 e. The van der Waals surface area contributed by atoms with E-state index in [2.05, 4.69) is 20.5 Å². The zero-order valence-corrected chi connectivity index (χ0v) is 14.8. The number of phenolic OH excluding ortho intramolecular Hbond substituents is 1. The van der Waals surface area contributed by atoms with Gasteiger partial charge in [0.2, 0.25) is 0 Å². The Morgan fingerprint density at radius 2 is 2.04 bits per heavy atom. The highest BCUT2D eigenvalue weighted by molar-refractivity contribution is 6.30. The van der Waals surface area contributed by atoms with Crippen molar-refractivity contribution in [2.24, 2.45) is 0 Å². The maximum absolute atomic E-state index is 10.2. The van der Waals surface area contributed by atoms with Gasteiger partial charge < -0.3 is 15.5 Å². The number of hydrogen-bond acceptors (Lipinski definition) is 6. The minimum atomic E-state index is -0.484. The molecule has 2 heterocycles. The summed E-state index contributed by atoms with van der Waals surface area (Å²) >= 11 is 5.89. The molecule has 0 bridgehead atoms. The van der Waals surface area contributed by atoms with Crippen molar-refractivity contribution in [3.63, 3.8) is 0 Å². The quantitative estimate of drug-likeness (QED) is 0.624. The number of benzene rings is 1. The zero-order chi connectivity index (χ0) is 18.0. The molecule has 8 heteroatoms. The summed E-state index contributed by atoms with van der Waals surface area (Å²) in [7, 11) is 0. The molecule has 0 aliphatic rings. The van der Waals surface area contributed by atoms with Gasteiger partial charge >= 0.3 is 0 Å². The zero-order valence-electron chi connectivity index (χ0n) is 14.0. The molecule has 3 N–H and O–H groups in total. The molecule has 0 radical (unpaired) electrons. The number of fused-ring (bicyclic) bond motifs is 1. The number of anilines is 1. The third kappa shape index (κ3) is 3.38. The third-order valence-corrected chi connectivity index (χ3v) is 4.41. The summed E-state index contributed by atoms with van der Waals surface area (Å²) in [5.74, 6) is 0.961. The summed E-state index contributed by atoms with van der Waals surface area (Å²) in [5, 5.41) is 32.4. The van der Waals surface area contributed by atoms with Crippen LogP contribution in [0.5, 0.6) is 5.75 Å². The summed E-state index contributed by atoms with van der Waals surface area (Å²) in [6.45, 7) is 3.92. The van der Waals surface area contributed by atoms with Gasteiger partial charge in [0.1, 0.15) is 5.75 Å². The van der Waals surface area contributed by atoms with Crippen LogP contribution >= 0.6 is 11.6 Å². The molecule has 2 atom stereocenters. The number of aromatic hydroxyl groups is 1. The average Bonchev–Trinajstić information content (AvgIpc) is 3.09. The number of halogens is 1. The van der Waals surface area contributed by atoms with Crippen molar-refractivity contribution in [1.29, 1.82) is 0 Å². The van der Waals surface area contributed by atoms with Crippen molar-refractivity contribution in [1.82, 2.24) is 19.6 Å². The van der Waals surface area contributed by atoms with Crippen molar-refractivity contribution in [3.8, 4) is 17.1 Å². The molecule has 0 amide bonds. The number of imidazole rings is 1. The first-order valence-electron chi connectivity index (χ1n) is 8.18. The van der Waals surface area contributed by atoms with Gasteiger partial charge in [0.15, 0.2) is 17.3 Å². The minimum absolute atomic E-state index is 0.0188. The van der Waals surface area contributed by atoms with Crippen LogP contribution in [0.4, 0.5) is 5.82 Å². The van der Waals surface area contributed by atoms with Crippen molar-refractivity contribution in [2.45, 2.75) is 38.8 Å². The fourth-order valence-corrected chi connectivity index (χ4v) is 2.91. The van der Waals surface area contributed by atoms with E-state index in [0.29, 0.717) is 34.3 Å². The molecule has 0 aliphatic carbocycles. The Bertz CT molecular complexity index is 883. The Hall–Kier alpha value is -2.38. The third-order valence-electron chi connectivity index (χ3n) is 4.17. The SMILES string of the molecule is CCC(O)C(CC)Nc1nnc(-c2ccc(Cl)cc2O)n2ccnc12. The van der Waals surface area contributed by atoms with Gasteiger partial charge in [0, 0.05) is 17.4 Å². The van der Waals surface area contributed by atoms with Crippen LogP contribution in [0.25, 0.3) is 17.0 Å². The van der Waals surface area contributed by atoms with Crippen LogP contribution in [-0.2, 0) is 0 Å². The van der Waals surface area contributed by atoms with Crippen molar-refractivity contribution in [2.75, 3.05) is 5.32 Å². The highest BCUT2D eigenvalue weighted by Crippen LogP contribution is 2.31. The molecule has 0 spiro atoms. The van der Waals surface area contributed by atoms with Crippen LogP contribution in [0.2, 0.25) is 5.02 Å². The molecule has 0 saturated heterocycles. The second-order valence-electron chi connectivity index (χ2n) is 5.79. The summed E-state index contributed by atoms with van der Waals surface area (Å²) in [4.78, 5) is 4.33. The maximum atomic E-state index is 10.2. The van der Waals surface area contributed by atoms with Crippen LogP contribution in [0, 0.1) is 0 Å². The molecule has 2 unspecified atom stereocenters. The fourth-order valence-electron chi connectivity index (χ4n) is 2.74. The van der Waals surface area contributed by atoms with Crippen LogP contribution in [0.1, 0.15) is 26.7 Å². The predicted molar refractivity (Wildman–Crippen MR) is 96.9 cm³/mol. The smallest absolute Gasteiger partial charge is 0.192 e. The molecule has 1 aromatic carbocycles. The van der Waals surface area contributed by atoms with Gasteiger partial charge in [0.25, 0.3) is 0 Å². The first kappa shape index (κ1) is 17.4. The normalized spacial score (nSPS) is 13.8. The van der Waals surface area contributed by atoms with Crippen LogP contribution in [0.15, 0.2) is 30.6 Å². The largest absolute Gasteiger partial charge is 0.507 e. The van der Waals surface area contributed by atoms with Gasteiger partial charge in [0.05, 0.1) is 17.7 Å². The number of aromatic nitrogens is 4. The topological polar surface area (TPSA) is 95.6 Å². The Morgan fingerprint density at radius 3 is 2.72 bits per heavy atom. The Labute approximate surface area is 150 Å². The lowest BCUT2D eigenvalue weighted by atomic mass is 10.1. The van der Waals surface area contributed by atoms with Crippen LogP contribution in [0.3, 0.4) is 0 Å². The summed E-state index contributed by atoms with van der Waals surface area (Å²) in [5.41, 5.74) is 1.08. The predicted octanol–water partition coefficient (Wildman–Crippen LogP) is 3.11. The van der Waals surface area contributed by atoms with E-state index in [1.54, 1.807) is 28.9 Å². The van der Waals surface area contributed by atoms with E-state index in [4.69, 9.17) is 11.6 Å². The molecule has 7 nitrogen and oxygen atoms in total. The summed E-state index contributed by atoms with van der Waals surface area (Å²) in [6, 6.07) is 4.68. The number of aliphatic hydroxyl groups is 1. The van der Waals surface area contributed by atoms with Gasteiger partial charge in [-0.3, -0.25) is 4.40 Å². The minimum Gasteiger partial charge on any atom is -0.507 e. The van der Waals surface area contributed by atoms with Crippen molar-refractivity contribution in [3.05, 3.63) is 35.6 Å². The first-order chi connectivity index (χ1) is 12.0. The number of nitrogens with one attached hydrogen (secondary N) is 1. The van der Waals surface area contributed by atoms with Gasteiger partial charge in [-0.25, -0.2) is 4.98 Å².